The van der Waals surface area contributed by atoms with Crippen molar-refractivity contribution < 1.29 is 18.4 Å². The molecule has 2 fully saturated rings. The average molecular weight is 594 g/mol. The van der Waals surface area contributed by atoms with Crippen LogP contribution in [0.25, 0.3) is 0 Å². The summed E-state index contributed by atoms with van der Waals surface area (Å²) in [5.41, 5.74) is -0.930. The molecule has 2 amide bonds. The summed E-state index contributed by atoms with van der Waals surface area (Å²) in [5, 5.41) is 9.07. The number of benzene rings is 2. The first-order valence-corrected chi connectivity index (χ1v) is 14.7. The molecule has 0 aliphatic carbocycles. The number of nitrogens with one attached hydrogen (secondary N) is 3. The van der Waals surface area contributed by atoms with Gasteiger partial charge in [-0.1, -0.05) is 62.5 Å². The van der Waals surface area contributed by atoms with Gasteiger partial charge in [0.2, 0.25) is 11.8 Å². The first-order chi connectivity index (χ1) is 18.9. The van der Waals surface area contributed by atoms with Gasteiger partial charge in [-0.05, 0) is 67.1 Å². The molecule has 3 aliphatic heterocycles. The third kappa shape index (κ3) is 5.24. The number of halogens is 4. The highest BCUT2D eigenvalue weighted by molar-refractivity contribution is 6.31. The SMILES string of the molecule is CC(C)(C)C[C@H]1N[C@@H](C(=O)NCCN2CCCCC2)[C@H](c2cccc(Cl)c2F)[C@@]12C(=O)Nc1cc(Cl)c(F)cc12. The Kier molecular flexibility index (Phi) is 8.18. The molecule has 0 bridgehead atoms. The van der Waals surface area contributed by atoms with Gasteiger partial charge in [-0.2, -0.15) is 0 Å². The van der Waals surface area contributed by atoms with E-state index in [0.29, 0.717) is 30.8 Å². The quantitative estimate of drug-likeness (QED) is 0.407. The van der Waals surface area contributed by atoms with Crippen molar-refractivity contribution in [2.45, 2.75) is 69.9 Å². The first kappa shape index (κ1) is 29.2. The summed E-state index contributed by atoms with van der Waals surface area (Å²) in [4.78, 5) is 30.3. The zero-order valence-corrected chi connectivity index (χ0v) is 24.6. The van der Waals surface area contributed by atoms with E-state index in [2.05, 4.69) is 20.9 Å². The molecular weight excluding hydrogens is 557 g/mol. The van der Waals surface area contributed by atoms with Crippen LogP contribution in [0.5, 0.6) is 0 Å². The number of hydrogen-bond acceptors (Lipinski definition) is 4. The van der Waals surface area contributed by atoms with Crippen molar-refractivity contribution in [3.8, 4) is 0 Å². The second-order valence-electron chi connectivity index (χ2n) is 12.4. The van der Waals surface area contributed by atoms with Gasteiger partial charge in [-0.25, -0.2) is 8.78 Å². The first-order valence-electron chi connectivity index (χ1n) is 13.9. The van der Waals surface area contributed by atoms with E-state index in [9.17, 15) is 9.59 Å². The van der Waals surface area contributed by atoms with Crippen LogP contribution < -0.4 is 16.0 Å². The molecule has 0 aromatic heterocycles. The van der Waals surface area contributed by atoms with Crippen LogP contribution in [-0.4, -0.2) is 55.0 Å². The second kappa shape index (κ2) is 11.2. The summed E-state index contributed by atoms with van der Waals surface area (Å²) in [6, 6.07) is 5.63. The molecule has 10 heteroatoms. The lowest BCUT2D eigenvalue weighted by Gasteiger charge is -2.37. The fraction of sp³-hybridized carbons (Fsp3) is 0.533. The minimum Gasteiger partial charge on any atom is -0.353 e. The van der Waals surface area contributed by atoms with Crippen LogP contribution in [0, 0.1) is 17.0 Å². The van der Waals surface area contributed by atoms with Crippen LogP contribution in [0.15, 0.2) is 30.3 Å². The van der Waals surface area contributed by atoms with Crippen molar-refractivity contribution in [3.05, 3.63) is 63.1 Å². The highest BCUT2D eigenvalue weighted by Gasteiger charge is 2.66. The molecule has 3 heterocycles. The molecule has 2 aromatic rings. The van der Waals surface area contributed by atoms with Gasteiger partial charge in [0.25, 0.3) is 0 Å². The third-order valence-corrected chi connectivity index (χ3v) is 9.06. The molecule has 4 atom stereocenters. The molecule has 3 N–H and O–H groups in total. The molecule has 1 spiro atoms. The van der Waals surface area contributed by atoms with Crippen molar-refractivity contribution in [3.63, 3.8) is 0 Å². The lowest BCUT2D eigenvalue weighted by molar-refractivity contribution is -0.124. The molecule has 0 radical (unpaired) electrons. The summed E-state index contributed by atoms with van der Waals surface area (Å²) in [7, 11) is 0. The number of amides is 2. The van der Waals surface area contributed by atoms with Crippen molar-refractivity contribution in [1.29, 1.82) is 0 Å². The maximum atomic E-state index is 15.8. The van der Waals surface area contributed by atoms with Gasteiger partial charge in [0.15, 0.2) is 0 Å². The number of anilines is 1. The Hall–Kier alpha value is -2.26. The molecule has 0 saturated carbocycles. The Morgan fingerprint density at radius 2 is 1.85 bits per heavy atom. The number of fused-ring (bicyclic) bond motifs is 2. The fourth-order valence-corrected chi connectivity index (χ4v) is 7.14. The standard InChI is InChI=1S/C30H36Cl2F2N4O2/c1-29(2,3)16-23-30(18-14-21(33)20(32)15-22(18)36-28(30)40)24(17-8-7-9-19(31)25(17)34)26(37-23)27(39)35-10-13-38-11-5-4-6-12-38/h7-9,14-15,23-24,26,37H,4-6,10-13,16H2,1-3H3,(H,35,39)(H,36,40)/t23-,24+,26-,30+/m1/s1. The number of likely N-dealkylation sites (tertiary alicyclic amines) is 1. The van der Waals surface area contributed by atoms with Crippen LogP contribution >= 0.6 is 23.2 Å². The van der Waals surface area contributed by atoms with Crippen molar-refractivity contribution in [1.82, 2.24) is 15.5 Å². The number of hydrogen-bond donors (Lipinski definition) is 3. The summed E-state index contributed by atoms with van der Waals surface area (Å²) in [5.74, 6) is -3.17. The highest BCUT2D eigenvalue weighted by atomic mass is 35.5. The van der Waals surface area contributed by atoms with Crippen LogP contribution in [0.3, 0.4) is 0 Å². The third-order valence-electron chi connectivity index (χ3n) is 8.48. The zero-order valence-electron chi connectivity index (χ0n) is 23.1. The van der Waals surface area contributed by atoms with E-state index in [-0.39, 0.29) is 26.9 Å². The Bertz CT molecular complexity index is 1310. The van der Waals surface area contributed by atoms with Crippen LogP contribution in [0.4, 0.5) is 14.5 Å². The average Bonchev–Trinajstić information content (AvgIpc) is 3.36. The number of carbonyl (C=O) groups is 2. The highest BCUT2D eigenvalue weighted by Crippen LogP contribution is 2.57. The lowest BCUT2D eigenvalue weighted by Crippen LogP contribution is -2.49. The molecule has 6 nitrogen and oxygen atoms in total. The minimum atomic E-state index is -1.49. The molecule has 40 heavy (non-hydrogen) atoms. The molecular formula is C30H36Cl2F2N4O2. The van der Waals surface area contributed by atoms with Crippen LogP contribution in [0.1, 0.15) is 63.5 Å². The van der Waals surface area contributed by atoms with Gasteiger partial charge in [-0.15, -0.1) is 0 Å². The summed E-state index contributed by atoms with van der Waals surface area (Å²) < 4.78 is 30.8. The maximum absolute atomic E-state index is 15.8. The van der Waals surface area contributed by atoms with Gasteiger partial charge in [0.05, 0.1) is 16.1 Å². The topological polar surface area (TPSA) is 73.5 Å². The van der Waals surface area contributed by atoms with Crippen LogP contribution in [-0.2, 0) is 15.0 Å². The summed E-state index contributed by atoms with van der Waals surface area (Å²) in [6.07, 6.45) is 3.95. The smallest absolute Gasteiger partial charge is 0.237 e. The van der Waals surface area contributed by atoms with Gasteiger partial charge in [0.1, 0.15) is 17.0 Å². The Morgan fingerprint density at radius 3 is 2.55 bits per heavy atom. The van der Waals surface area contributed by atoms with E-state index >= 15 is 8.78 Å². The minimum absolute atomic E-state index is 0.114. The summed E-state index contributed by atoms with van der Waals surface area (Å²) in [6.45, 7) is 9.20. The van der Waals surface area contributed by atoms with E-state index in [1.807, 2.05) is 20.8 Å². The number of rotatable bonds is 6. The van der Waals surface area contributed by atoms with E-state index in [4.69, 9.17) is 23.2 Å². The normalized spacial score (nSPS) is 26.7. The molecule has 5 rings (SSSR count). The predicted octanol–water partition coefficient (Wildman–Crippen LogP) is 5.62. The number of nitrogens with zero attached hydrogens (tertiary/aromatic N) is 1. The van der Waals surface area contributed by atoms with Crippen LogP contribution in [0.2, 0.25) is 10.0 Å². The van der Waals surface area contributed by atoms with Crippen molar-refractivity contribution in [2.75, 3.05) is 31.5 Å². The molecule has 216 valence electrons. The summed E-state index contributed by atoms with van der Waals surface area (Å²) >= 11 is 12.3. The second-order valence-corrected chi connectivity index (χ2v) is 13.2. The van der Waals surface area contributed by atoms with E-state index in [1.54, 1.807) is 12.1 Å². The van der Waals surface area contributed by atoms with Gasteiger partial charge in [0, 0.05) is 30.7 Å². The maximum Gasteiger partial charge on any atom is 0.237 e. The fourth-order valence-electron chi connectivity index (χ4n) is 6.79. The monoisotopic (exact) mass is 592 g/mol. The molecule has 2 aromatic carbocycles. The van der Waals surface area contributed by atoms with Gasteiger partial charge < -0.3 is 20.9 Å². The van der Waals surface area contributed by atoms with E-state index in [1.165, 1.54) is 24.6 Å². The predicted molar refractivity (Wildman–Crippen MR) is 154 cm³/mol. The van der Waals surface area contributed by atoms with Gasteiger partial charge >= 0.3 is 0 Å². The largest absolute Gasteiger partial charge is 0.353 e. The Balaban J connectivity index is 1.61. The molecule has 2 saturated heterocycles. The Morgan fingerprint density at radius 1 is 1.12 bits per heavy atom. The number of piperidine rings is 1. The Labute approximate surface area is 244 Å². The van der Waals surface area contributed by atoms with Crippen molar-refractivity contribution >= 4 is 40.7 Å². The molecule has 0 unspecified atom stereocenters. The van der Waals surface area contributed by atoms with E-state index < -0.39 is 41.0 Å². The number of carbonyl (C=O) groups excluding carboxylic acids is 2. The zero-order chi connectivity index (χ0) is 28.8. The lowest BCUT2D eigenvalue weighted by atomic mass is 9.62. The van der Waals surface area contributed by atoms with Crippen molar-refractivity contribution in [2.24, 2.45) is 5.41 Å². The van der Waals surface area contributed by atoms with Gasteiger partial charge in [-0.3, -0.25) is 9.59 Å². The molecule has 3 aliphatic rings. The van der Waals surface area contributed by atoms with E-state index in [0.717, 1.165) is 25.9 Å².